The standard InChI is InChI=1S/C9H18F3N3O/c1-8(14,7(13)16)3-5-15(2)6-4-9(10,11)12/h3-6,14H2,1-2H3,(H2,13,16). The number of hydrogen-bond acceptors (Lipinski definition) is 3. The molecular formula is C9H18F3N3O. The first-order valence-electron chi connectivity index (χ1n) is 4.89. The highest BCUT2D eigenvalue weighted by atomic mass is 19.4. The molecule has 4 nitrogen and oxygen atoms in total. The molecule has 0 aromatic rings. The third-order valence-electron chi connectivity index (χ3n) is 2.35. The molecule has 0 saturated heterocycles. The summed E-state index contributed by atoms with van der Waals surface area (Å²) in [6.45, 7) is 1.65. The molecule has 4 N–H and O–H groups in total. The molecule has 0 aromatic heterocycles. The lowest BCUT2D eigenvalue weighted by atomic mass is 9.98. The van der Waals surface area contributed by atoms with E-state index in [0.29, 0.717) is 6.54 Å². The van der Waals surface area contributed by atoms with E-state index in [4.69, 9.17) is 11.5 Å². The molecule has 0 aliphatic heterocycles. The quantitative estimate of drug-likeness (QED) is 0.709. The minimum atomic E-state index is -4.16. The average Bonchev–Trinajstić information content (AvgIpc) is 2.10. The summed E-state index contributed by atoms with van der Waals surface area (Å²) in [6, 6.07) is 0. The van der Waals surface area contributed by atoms with Crippen LogP contribution in [-0.2, 0) is 4.79 Å². The van der Waals surface area contributed by atoms with Crippen molar-refractivity contribution in [2.75, 3.05) is 20.1 Å². The lowest BCUT2D eigenvalue weighted by molar-refractivity contribution is -0.137. The zero-order valence-electron chi connectivity index (χ0n) is 9.47. The number of nitrogens with two attached hydrogens (primary N) is 2. The first-order valence-corrected chi connectivity index (χ1v) is 4.89. The molecule has 0 rings (SSSR count). The van der Waals surface area contributed by atoms with Gasteiger partial charge < -0.3 is 16.4 Å². The molecule has 0 saturated carbocycles. The van der Waals surface area contributed by atoms with Crippen molar-refractivity contribution < 1.29 is 18.0 Å². The Hall–Kier alpha value is -0.820. The molecule has 0 spiro atoms. The summed E-state index contributed by atoms with van der Waals surface area (Å²) >= 11 is 0. The van der Waals surface area contributed by atoms with E-state index in [1.807, 2.05) is 0 Å². The Morgan fingerprint density at radius 2 is 1.69 bits per heavy atom. The van der Waals surface area contributed by atoms with Crippen LogP contribution in [0.4, 0.5) is 13.2 Å². The number of carbonyl (C=O) groups is 1. The molecule has 0 bridgehead atoms. The highest BCUT2D eigenvalue weighted by Gasteiger charge is 2.28. The third kappa shape index (κ3) is 6.62. The Morgan fingerprint density at radius 1 is 1.25 bits per heavy atom. The fourth-order valence-corrected chi connectivity index (χ4v) is 0.976. The summed E-state index contributed by atoms with van der Waals surface area (Å²) in [7, 11) is 1.54. The Bertz CT molecular complexity index is 241. The Kier molecular flexibility index (Phi) is 5.21. The predicted octanol–water partition coefficient (Wildman–Crippen LogP) is 0.463. The van der Waals surface area contributed by atoms with Crippen LogP contribution < -0.4 is 11.5 Å². The average molecular weight is 241 g/mol. The molecule has 0 fully saturated rings. The number of rotatable bonds is 6. The summed E-state index contributed by atoms with van der Waals surface area (Å²) in [5.74, 6) is -0.656. The van der Waals surface area contributed by atoms with Gasteiger partial charge in [-0.25, -0.2) is 0 Å². The van der Waals surface area contributed by atoms with E-state index in [9.17, 15) is 18.0 Å². The van der Waals surface area contributed by atoms with E-state index in [2.05, 4.69) is 0 Å². The first-order chi connectivity index (χ1) is 7.04. The normalized spacial score (nSPS) is 16.2. The topological polar surface area (TPSA) is 72.3 Å². The maximum Gasteiger partial charge on any atom is 0.390 e. The first kappa shape index (κ1) is 15.2. The minimum absolute atomic E-state index is 0.113. The lowest BCUT2D eigenvalue weighted by Crippen LogP contribution is -2.51. The maximum atomic E-state index is 11.9. The Morgan fingerprint density at radius 3 is 2.06 bits per heavy atom. The number of carbonyl (C=O) groups excluding carboxylic acids is 1. The molecule has 96 valence electrons. The van der Waals surface area contributed by atoms with E-state index < -0.39 is 24.0 Å². The van der Waals surface area contributed by atoms with Crippen molar-refractivity contribution in [3.8, 4) is 0 Å². The second kappa shape index (κ2) is 5.49. The van der Waals surface area contributed by atoms with E-state index >= 15 is 0 Å². The van der Waals surface area contributed by atoms with E-state index in [0.717, 1.165) is 0 Å². The van der Waals surface area contributed by atoms with E-state index in [1.165, 1.54) is 11.8 Å². The predicted molar refractivity (Wildman–Crippen MR) is 54.6 cm³/mol. The van der Waals surface area contributed by atoms with Gasteiger partial charge in [-0.2, -0.15) is 13.2 Å². The van der Waals surface area contributed by atoms with Crippen molar-refractivity contribution in [1.82, 2.24) is 4.90 Å². The van der Waals surface area contributed by atoms with Gasteiger partial charge in [0.15, 0.2) is 0 Å². The number of amides is 1. The smallest absolute Gasteiger partial charge is 0.368 e. The monoisotopic (exact) mass is 241 g/mol. The summed E-state index contributed by atoms with van der Waals surface area (Å²) in [6.07, 6.45) is -4.80. The van der Waals surface area contributed by atoms with Crippen molar-refractivity contribution >= 4 is 5.91 Å². The van der Waals surface area contributed by atoms with E-state index in [-0.39, 0.29) is 13.0 Å². The van der Waals surface area contributed by atoms with E-state index in [1.54, 1.807) is 7.05 Å². The van der Waals surface area contributed by atoms with Crippen molar-refractivity contribution in [3.05, 3.63) is 0 Å². The van der Waals surface area contributed by atoms with Gasteiger partial charge in [0.25, 0.3) is 0 Å². The van der Waals surface area contributed by atoms with Gasteiger partial charge in [0.1, 0.15) is 0 Å². The second-order valence-electron chi connectivity index (χ2n) is 4.20. The molecule has 1 amide bonds. The van der Waals surface area contributed by atoms with Crippen LogP contribution in [0.2, 0.25) is 0 Å². The zero-order valence-corrected chi connectivity index (χ0v) is 9.47. The molecule has 1 atom stereocenters. The summed E-state index contributed by atoms with van der Waals surface area (Å²) in [5.41, 5.74) is 9.43. The highest BCUT2D eigenvalue weighted by molar-refractivity contribution is 5.83. The third-order valence-corrected chi connectivity index (χ3v) is 2.35. The van der Waals surface area contributed by atoms with Crippen LogP contribution in [0.1, 0.15) is 19.8 Å². The van der Waals surface area contributed by atoms with Gasteiger partial charge in [-0.05, 0) is 20.4 Å². The fourth-order valence-electron chi connectivity index (χ4n) is 0.976. The number of nitrogens with zero attached hydrogens (tertiary/aromatic N) is 1. The number of halogens is 3. The summed E-state index contributed by atoms with van der Waals surface area (Å²) in [4.78, 5) is 12.3. The maximum absolute atomic E-state index is 11.9. The molecule has 0 aliphatic rings. The van der Waals surface area contributed by atoms with Crippen LogP contribution in [0, 0.1) is 0 Å². The summed E-state index contributed by atoms with van der Waals surface area (Å²) < 4.78 is 35.7. The fraction of sp³-hybridized carbons (Fsp3) is 0.889. The van der Waals surface area contributed by atoms with Gasteiger partial charge in [-0.3, -0.25) is 4.79 Å². The molecule has 0 aromatic carbocycles. The molecule has 1 unspecified atom stereocenters. The summed E-state index contributed by atoms with van der Waals surface area (Å²) in [5, 5.41) is 0. The Labute approximate surface area is 92.8 Å². The minimum Gasteiger partial charge on any atom is -0.368 e. The molecule has 0 radical (unpaired) electrons. The van der Waals surface area contributed by atoms with Crippen LogP contribution in [0.25, 0.3) is 0 Å². The number of alkyl halides is 3. The second-order valence-corrected chi connectivity index (χ2v) is 4.20. The van der Waals surface area contributed by atoms with Gasteiger partial charge in [-0.15, -0.1) is 0 Å². The number of primary amides is 1. The van der Waals surface area contributed by atoms with Gasteiger partial charge in [0.05, 0.1) is 12.0 Å². The Balaban J connectivity index is 3.90. The molecular weight excluding hydrogens is 223 g/mol. The SMILES string of the molecule is CN(CCC(F)(F)F)CCC(C)(N)C(N)=O. The molecule has 16 heavy (non-hydrogen) atoms. The highest BCUT2D eigenvalue weighted by Crippen LogP contribution is 2.19. The van der Waals surface area contributed by atoms with Crippen LogP contribution in [-0.4, -0.2) is 42.7 Å². The lowest BCUT2D eigenvalue weighted by Gasteiger charge is -2.24. The van der Waals surface area contributed by atoms with Gasteiger partial charge in [0.2, 0.25) is 5.91 Å². The largest absolute Gasteiger partial charge is 0.390 e. The molecule has 0 heterocycles. The van der Waals surface area contributed by atoms with Crippen LogP contribution in [0.5, 0.6) is 0 Å². The molecule has 0 aliphatic carbocycles. The van der Waals surface area contributed by atoms with Crippen LogP contribution in [0.15, 0.2) is 0 Å². The van der Waals surface area contributed by atoms with Gasteiger partial charge in [-0.1, -0.05) is 0 Å². The van der Waals surface area contributed by atoms with Gasteiger partial charge >= 0.3 is 6.18 Å². The van der Waals surface area contributed by atoms with Crippen LogP contribution in [0.3, 0.4) is 0 Å². The van der Waals surface area contributed by atoms with Crippen molar-refractivity contribution in [3.63, 3.8) is 0 Å². The molecule has 7 heteroatoms. The van der Waals surface area contributed by atoms with Crippen molar-refractivity contribution in [1.29, 1.82) is 0 Å². The van der Waals surface area contributed by atoms with Gasteiger partial charge in [0, 0.05) is 13.1 Å². The van der Waals surface area contributed by atoms with Crippen LogP contribution >= 0.6 is 0 Å². The zero-order chi connectivity index (χ0) is 13.0. The van der Waals surface area contributed by atoms with Crippen molar-refractivity contribution in [2.45, 2.75) is 31.5 Å². The number of hydrogen-bond donors (Lipinski definition) is 2. The van der Waals surface area contributed by atoms with Crippen molar-refractivity contribution in [2.24, 2.45) is 11.5 Å².